The van der Waals surface area contributed by atoms with Crippen molar-refractivity contribution >= 4 is 0 Å². The number of aromatic nitrogens is 1. The van der Waals surface area contributed by atoms with E-state index in [1.54, 1.807) is 0 Å². The minimum absolute atomic E-state index is 0.0786. The number of nitrogens with one attached hydrogen (secondary N) is 1. The molecule has 118 valence electrons. The molecule has 0 bridgehead atoms. The van der Waals surface area contributed by atoms with E-state index in [9.17, 15) is 0 Å². The monoisotopic (exact) mass is 291 g/mol. The van der Waals surface area contributed by atoms with Gasteiger partial charge in [0.15, 0.2) is 0 Å². The first-order valence-corrected chi connectivity index (χ1v) is 8.09. The lowest BCUT2D eigenvalue weighted by Gasteiger charge is -2.48. The maximum atomic E-state index is 5.53. The lowest BCUT2D eigenvalue weighted by molar-refractivity contribution is -0.0327. The second-order valence-electron chi connectivity index (χ2n) is 6.10. The molecule has 0 aromatic carbocycles. The van der Waals surface area contributed by atoms with Crippen LogP contribution in [0, 0.1) is 6.92 Å². The minimum atomic E-state index is 0.0786. The van der Waals surface area contributed by atoms with Gasteiger partial charge >= 0.3 is 0 Å². The van der Waals surface area contributed by atoms with Crippen LogP contribution in [0.25, 0.3) is 0 Å². The van der Waals surface area contributed by atoms with Gasteiger partial charge in [0.2, 0.25) is 0 Å². The Balaban J connectivity index is 2.32. The van der Waals surface area contributed by atoms with Crippen LogP contribution in [-0.2, 0) is 4.74 Å². The third-order valence-electron chi connectivity index (χ3n) is 4.71. The van der Waals surface area contributed by atoms with E-state index < -0.39 is 0 Å². The number of aryl methyl sites for hydroxylation is 1. The summed E-state index contributed by atoms with van der Waals surface area (Å²) in [5, 5.41) is 3.69. The highest BCUT2D eigenvalue weighted by Crippen LogP contribution is 2.34. The number of hydrogen-bond donors (Lipinski definition) is 1. The summed E-state index contributed by atoms with van der Waals surface area (Å²) < 4.78 is 5.53. The van der Waals surface area contributed by atoms with Crippen molar-refractivity contribution in [3.05, 3.63) is 29.6 Å². The van der Waals surface area contributed by atoms with E-state index in [0.717, 1.165) is 39.3 Å². The summed E-state index contributed by atoms with van der Waals surface area (Å²) in [6.45, 7) is 13.6. The molecule has 0 aliphatic carbocycles. The first kappa shape index (κ1) is 16.4. The van der Waals surface area contributed by atoms with Crippen molar-refractivity contribution in [2.45, 2.75) is 45.7 Å². The third-order valence-corrected chi connectivity index (χ3v) is 4.71. The summed E-state index contributed by atoms with van der Waals surface area (Å²) in [5.74, 6) is 0. The summed E-state index contributed by atoms with van der Waals surface area (Å²) in [4.78, 5) is 6.97. The summed E-state index contributed by atoms with van der Waals surface area (Å²) in [7, 11) is 0. The summed E-state index contributed by atoms with van der Waals surface area (Å²) in [6.07, 6.45) is 5.03. The molecule has 0 saturated carbocycles. The van der Waals surface area contributed by atoms with Crippen LogP contribution in [0.3, 0.4) is 0 Å². The zero-order valence-corrected chi connectivity index (χ0v) is 13.9. The van der Waals surface area contributed by atoms with E-state index in [0.29, 0.717) is 0 Å². The standard InChI is InChI=1S/C17H29N3O/c1-5-17(4,20-7-9-21-10-8-20)16(19-6-2)15-11-14(3)12-18-13-15/h11-13,16,19H,5-10H2,1-4H3. The van der Waals surface area contributed by atoms with Crippen LogP contribution >= 0.6 is 0 Å². The SMILES string of the molecule is CCNC(c1cncc(C)c1)C(C)(CC)N1CCOCC1. The number of ether oxygens (including phenoxy) is 1. The van der Waals surface area contributed by atoms with Gasteiger partial charge in [-0.15, -0.1) is 0 Å². The highest BCUT2D eigenvalue weighted by molar-refractivity contribution is 5.24. The van der Waals surface area contributed by atoms with Crippen molar-refractivity contribution in [2.75, 3.05) is 32.8 Å². The van der Waals surface area contributed by atoms with E-state index in [2.05, 4.69) is 49.0 Å². The van der Waals surface area contributed by atoms with Gasteiger partial charge < -0.3 is 10.1 Å². The van der Waals surface area contributed by atoms with Gasteiger partial charge in [-0.2, -0.15) is 0 Å². The van der Waals surface area contributed by atoms with Crippen LogP contribution in [0.15, 0.2) is 18.5 Å². The van der Waals surface area contributed by atoms with E-state index >= 15 is 0 Å². The van der Waals surface area contributed by atoms with E-state index in [-0.39, 0.29) is 11.6 Å². The molecule has 1 N–H and O–H groups in total. The van der Waals surface area contributed by atoms with Gasteiger partial charge in [0.1, 0.15) is 0 Å². The van der Waals surface area contributed by atoms with Gasteiger partial charge in [0.05, 0.1) is 19.3 Å². The van der Waals surface area contributed by atoms with Crippen LogP contribution < -0.4 is 5.32 Å². The van der Waals surface area contributed by atoms with Gasteiger partial charge in [-0.25, -0.2) is 0 Å². The molecule has 2 rings (SSSR count). The Kier molecular flexibility index (Phi) is 5.73. The molecule has 0 radical (unpaired) electrons. The highest BCUT2D eigenvalue weighted by Gasteiger charge is 2.39. The van der Waals surface area contributed by atoms with Crippen molar-refractivity contribution in [3.63, 3.8) is 0 Å². The maximum Gasteiger partial charge on any atom is 0.0594 e. The van der Waals surface area contributed by atoms with Crippen LogP contribution in [0.4, 0.5) is 0 Å². The largest absolute Gasteiger partial charge is 0.379 e. The zero-order chi connectivity index (χ0) is 15.3. The maximum absolute atomic E-state index is 5.53. The van der Waals surface area contributed by atoms with Crippen LogP contribution in [0.5, 0.6) is 0 Å². The number of rotatable bonds is 6. The minimum Gasteiger partial charge on any atom is -0.379 e. The van der Waals surface area contributed by atoms with Crippen molar-refractivity contribution in [1.82, 2.24) is 15.2 Å². The van der Waals surface area contributed by atoms with Crippen LogP contribution in [-0.4, -0.2) is 48.3 Å². The Labute approximate surface area is 128 Å². The Morgan fingerprint density at radius 2 is 2.05 bits per heavy atom. The fourth-order valence-electron chi connectivity index (χ4n) is 3.32. The smallest absolute Gasteiger partial charge is 0.0594 e. The Hall–Kier alpha value is -0.970. The molecule has 2 heterocycles. The third kappa shape index (κ3) is 3.62. The molecular weight excluding hydrogens is 262 g/mol. The first-order valence-electron chi connectivity index (χ1n) is 8.09. The number of likely N-dealkylation sites (N-methyl/N-ethyl adjacent to an activating group) is 1. The van der Waals surface area contributed by atoms with Gasteiger partial charge in [-0.1, -0.05) is 19.9 Å². The van der Waals surface area contributed by atoms with E-state index in [1.807, 2.05) is 12.4 Å². The average molecular weight is 291 g/mol. The number of nitrogens with zero attached hydrogens (tertiary/aromatic N) is 2. The fraction of sp³-hybridized carbons (Fsp3) is 0.706. The fourth-order valence-corrected chi connectivity index (χ4v) is 3.32. The quantitative estimate of drug-likeness (QED) is 0.874. The lowest BCUT2D eigenvalue weighted by atomic mass is 9.82. The topological polar surface area (TPSA) is 37.4 Å². The molecule has 2 atom stereocenters. The summed E-state index contributed by atoms with van der Waals surface area (Å²) in [5.41, 5.74) is 2.58. The van der Waals surface area contributed by atoms with Crippen LogP contribution in [0.1, 0.15) is 44.4 Å². The summed E-state index contributed by atoms with van der Waals surface area (Å²) in [6, 6.07) is 2.55. The molecule has 1 aliphatic heterocycles. The van der Waals surface area contributed by atoms with Gasteiger partial charge in [0.25, 0.3) is 0 Å². The molecule has 1 saturated heterocycles. The molecule has 0 amide bonds. The number of pyridine rings is 1. The second-order valence-corrected chi connectivity index (χ2v) is 6.10. The second kappa shape index (κ2) is 7.34. The van der Waals surface area contributed by atoms with Crippen molar-refractivity contribution in [1.29, 1.82) is 0 Å². The molecule has 21 heavy (non-hydrogen) atoms. The molecule has 4 heteroatoms. The van der Waals surface area contributed by atoms with Crippen molar-refractivity contribution in [2.24, 2.45) is 0 Å². The van der Waals surface area contributed by atoms with Gasteiger partial charge in [-0.3, -0.25) is 9.88 Å². The Morgan fingerprint density at radius 1 is 1.33 bits per heavy atom. The molecule has 1 fully saturated rings. The first-order chi connectivity index (χ1) is 10.1. The molecule has 1 aromatic heterocycles. The van der Waals surface area contributed by atoms with Crippen LogP contribution in [0.2, 0.25) is 0 Å². The Bertz CT molecular complexity index is 445. The lowest BCUT2D eigenvalue weighted by Crippen LogP contribution is -2.57. The predicted molar refractivity (Wildman–Crippen MR) is 86.5 cm³/mol. The molecule has 2 unspecified atom stereocenters. The van der Waals surface area contributed by atoms with Gasteiger partial charge in [-0.05, 0) is 37.9 Å². The van der Waals surface area contributed by atoms with Gasteiger partial charge in [0, 0.05) is 31.0 Å². The predicted octanol–water partition coefficient (Wildman–Crippen LogP) is 2.54. The molecule has 4 nitrogen and oxygen atoms in total. The van der Waals surface area contributed by atoms with Crippen molar-refractivity contribution < 1.29 is 4.74 Å². The molecule has 1 aliphatic rings. The average Bonchev–Trinajstić information content (AvgIpc) is 2.52. The molecule has 0 spiro atoms. The molecular formula is C17H29N3O. The van der Waals surface area contributed by atoms with E-state index in [4.69, 9.17) is 4.74 Å². The highest BCUT2D eigenvalue weighted by atomic mass is 16.5. The number of hydrogen-bond acceptors (Lipinski definition) is 4. The Morgan fingerprint density at radius 3 is 2.62 bits per heavy atom. The summed E-state index contributed by atoms with van der Waals surface area (Å²) >= 11 is 0. The number of morpholine rings is 1. The normalized spacial score (nSPS) is 21.0. The zero-order valence-electron chi connectivity index (χ0n) is 13.9. The van der Waals surface area contributed by atoms with E-state index in [1.165, 1.54) is 11.1 Å². The molecule has 1 aromatic rings. The van der Waals surface area contributed by atoms with Crippen molar-refractivity contribution in [3.8, 4) is 0 Å².